The molecule has 0 aliphatic carbocycles. The molecule has 1 fully saturated rings. The van der Waals surface area contributed by atoms with Crippen LogP contribution >= 0.6 is 0 Å². The first-order valence-electron chi connectivity index (χ1n) is 7.42. The van der Waals surface area contributed by atoms with Crippen molar-refractivity contribution in [1.29, 1.82) is 0 Å². The summed E-state index contributed by atoms with van der Waals surface area (Å²) in [6, 6.07) is 8.00. The van der Waals surface area contributed by atoms with Gasteiger partial charge in [0.25, 0.3) is 0 Å². The number of nitrogens with two attached hydrogens (primary N) is 1. The van der Waals surface area contributed by atoms with Crippen LogP contribution in [0.3, 0.4) is 0 Å². The molecule has 1 saturated heterocycles. The van der Waals surface area contributed by atoms with E-state index in [1.807, 2.05) is 29.2 Å². The van der Waals surface area contributed by atoms with Crippen molar-refractivity contribution in [3.63, 3.8) is 0 Å². The van der Waals surface area contributed by atoms with Gasteiger partial charge < -0.3 is 15.4 Å². The van der Waals surface area contributed by atoms with Gasteiger partial charge in [0.2, 0.25) is 5.91 Å². The highest BCUT2D eigenvalue weighted by atomic mass is 16.5. The van der Waals surface area contributed by atoms with Crippen LogP contribution in [0.25, 0.3) is 0 Å². The number of carbonyl (C=O) groups is 1. The maximum atomic E-state index is 11.8. The van der Waals surface area contributed by atoms with Gasteiger partial charge in [-0.1, -0.05) is 25.5 Å². The number of benzene rings is 1. The van der Waals surface area contributed by atoms with Crippen LogP contribution in [0.1, 0.15) is 25.3 Å². The van der Waals surface area contributed by atoms with E-state index in [0.717, 1.165) is 25.1 Å². The summed E-state index contributed by atoms with van der Waals surface area (Å²) in [6.07, 6.45) is 2.66. The van der Waals surface area contributed by atoms with Crippen LogP contribution in [0.4, 0.5) is 0 Å². The predicted molar refractivity (Wildman–Crippen MR) is 79.7 cm³/mol. The van der Waals surface area contributed by atoms with Crippen molar-refractivity contribution in [2.24, 2.45) is 11.7 Å². The number of rotatable bonds is 7. The van der Waals surface area contributed by atoms with Gasteiger partial charge in [-0.2, -0.15) is 0 Å². The third kappa shape index (κ3) is 3.97. The summed E-state index contributed by atoms with van der Waals surface area (Å²) in [5, 5.41) is 0. The Kier molecular flexibility index (Phi) is 5.41. The Morgan fingerprint density at radius 2 is 2.10 bits per heavy atom. The first-order chi connectivity index (χ1) is 9.72. The molecule has 1 heterocycles. The molecule has 110 valence electrons. The Morgan fingerprint density at radius 3 is 2.70 bits per heavy atom. The molecule has 4 heteroatoms. The number of nitrogens with zero attached hydrogens (tertiary/aromatic N) is 1. The molecule has 2 rings (SSSR count). The van der Waals surface area contributed by atoms with Crippen LogP contribution in [-0.4, -0.2) is 37.0 Å². The molecule has 1 aliphatic rings. The van der Waals surface area contributed by atoms with Crippen molar-refractivity contribution >= 4 is 5.91 Å². The zero-order valence-corrected chi connectivity index (χ0v) is 12.2. The van der Waals surface area contributed by atoms with E-state index >= 15 is 0 Å². The van der Waals surface area contributed by atoms with Crippen LogP contribution in [0.5, 0.6) is 5.75 Å². The molecule has 0 saturated carbocycles. The summed E-state index contributed by atoms with van der Waals surface area (Å²) in [5.41, 5.74) is 6.74. The summed E-state index contributed by atoms with van der Waals surface area (Å²) in [6.45, 7) is 4.92. The van der Waals surface area contributed by atoms with Crippen LogP contribution in [0.2, 0.25) is 0 Å². The molecule has 2 N–H and O–H groups in total. The van der Waals surface area contributed by atoms with Crippen LogP contribution in [-0.2, 0) is 11.2 Å². The number of likely N-dealkylation sites (tertiary alicyclic amines) is 1. The molecule has 1 aromatic rings. The van der Waals surface area contributed by atoms with E-state index in [1.165, 1.54) is 5.56 Å². The van der Waals surface area contributed by atoms with E-state index < -0.39 is 0 Å². The van der Waals surface area contributed by atoms with Gasteiger partial charge in [0.05, 0.1) is 6.54 Å². The van der Waals surface area contributed by atoms with Crippen molar-refractivity contribution in [2.45, 2.75) is 26.2 Å². The van der Waals surface area contributed by atoms with Gasteiger partial charge in [0.1, 0.15) is 12.4 Å². The van der Waals surface area contributed by atoms with Crippen LogP contribution in [0.15, 0.2) is 24.3 Å². The number of hydrogen-bond acceptors (Lipinski definition) is 3. The lowest BCUT2D eigenvalue weighted by molar-refractivity contribution is -0.128. The summed E-state index contributed by atoms with van der Waals surface area (Å²) in [4.78, 5) is 13.7. The maximum absolute atomic E-state index is 11.8. The lowest BCUT2D eigenvalue weighted by atomic mass is 10.1. The third-order valence-corrected chi connectivity index (χ3v) is 3.86. The number of carbonyl (C=O) groups excluding carboxylic acids is 1. The molecule has 1 atom stereocenters. The summed E-state index contributed by atoms with van der Waals surface area (Å²) < 4.78 is 5.69. The highest BCUT2D eigenvalue weighted by Gasteiger charge is 2.27. The maximum Gasteiger partial charge on any atom is 0.223 e. The number of ether oxygens (including phenoxy) is 1. The van der Waals surface area contributed by atoms with Crippen molar-refractivity contribution in [1.82, 2.24) is 4.90 Å². The smallest absolute Gasteiger partial charge is 0.223 e. The standard InChI is InChI=1S/C16H24N2O2/c1-2-13-11-16(19)18(12-13)9-10-20-15-5-3-14(4-6-15)7-8-17/h3-6,13H,2,7-12,17H2,1H3. The molecule has 0 radical (unpaired) electrons. The average Bonchev–Trinajstić information content (AvgIpc) is 2.82. The minimum atomic E-state index is 0.263. The Hall–Kier alpha value is -1.55. The molecule has 1 amide bonds. The van der Waals surface area contributed by atoms with E-state index in [2.05, 4.69) is 6.92 Å². The second-order valence-corrected chi connectivity index (χ2v) is 5.35. The highest BCUT2D eigenvalue weighted by molar-refractivity contribution is 5.78. The van der Waals surface area contributed by atoms with Gasteiger partial charge in [0, 0.05) is 13.0 Å². The molecule has 1 unspecified atom stereocenters. The summed E-state index contributed by atoms with van der Waals surface area (Å²) in [5.74, 6) is 1.64. The van der Waals surface area contributed by atoms with Gasteiger partial charge in [-0.3, -0.25) is 4.79 Å². The third-order valence-electron chi connectivity index (χ3n) is 3.86. The monoisotopic (exact) mass is 276 g/mol. The average molecular weight is 276 g/mol. The number of amides is 1. The second kappa shape index (κ2) is 7.29. The normalized spacial score (nSPS) is 18.6. The van der Waals surface area contributed by atoms with Crippen LogP contribution < -0.4 is 10.5 Å². The fourth-order valence-corrected chi connectivity index (χ4v) is 2.54. The minimum absolute atomic E-state index is 0.263. The van der Waals surface area contributed by atoms with Crippen molar-refractivity contribution in [3.8, 4) is 5.75 Å². The van der Waals surface area contributed by atoms with Crippen LogP contribution in [0, 0.1) is 5.92 Å². The van der Waals surface area contributed by atoms with Crippen molar-refractivity contribution in [3.05, 3.63) is 29.8 Å². The molecular weight excluding hydrogens is 252 g/mol. The molecular formula is C16H24N2O2. The molecule has 20 heavy (non-hydrogen) atoms. The van der Waals surface area contributed by atoms with Gasteiger partial charge >= 0.3 is 0 Å². The molecule has 4 nitrogen and oxygen atoms in total. The van der Waals surface area contributed by atoms with Gasteiger partial charge in [-0.15, -0.1) is 0 Å². The summed E-state index contributed by atoms with van der Waals surface area (Å²) >= 11 is 0. The second-order valence-electron chi connectivity index (χ2n) is 5.35. The Balaban J connectivity index is 1.74. The first kappa shape index (κ1) is 14.9. The first-order valence-corrected chi connectivity index (χ1v) is 7.42. The molecule has 1 aromatic carbocycles. The molecule has 0 aromatic heterocycles. The van der Waals surface area contributed by atoms with Crippen molar-refractivity contribution in [2.75, 3.05) is 26.2 Å². The Morgan fingerprint density at radius 1 is 1.35 bits per heavy atom. The lowest BCUT2D eigenvalue weighted by Crippen LogP contribution is -2.29. The quantitative estimate of drug-likeness (QED) is 0.826. The molecule has 1 aliphatic heterocycles. The van der Waals surface area contributed by atoms with E-state index in [-0.39, 0.29) is 5.91 Å². The topological polar surface area (TPSA) is 55.6 Å². The molecule has 0 spiro atoms. The molecule has 0 bridgehead atoms. The van der Waals surface area contributed by atoms with Gasteiger partial charge in [-0.25, -0.2) is 0 Å². The SMILES string of the molecule is CCC1CC(=O)N(CCOc2ccc(CCN)cc2)C1. The highest BCUT2D eigenvalue weighted by Crippen LogP contribution is 2.20. The number of hydrogen-bond donors (Lipinski definition) is 1. The minimum Gasteiger partial charge on any atom is -0.492 e. The van der Waals surface area contributed by atoms with Gasteiger partial charge in [0.15, 0.2) is 0 Å². The zero-order chi connectivity index (χ0) is 14.4. The predicted octanol–water partition coefficient (Wildman–Crippen LogP) is 1.83. The lowest BCUT2D eigenvalue weighted by Gasteiger charge is -2.16. The Bertz CT molecular complexity index is 431. The largest absolute Gasteiger partial charge is 0.492 e. The van der Waals surface area contributed by atoms with E-state index in [1.54, 1.807) is 0 Å². The fraction of sp³-hybridized carbons (Fsp3) is 0.562. The fourth-order valence-electron chi connectivity index (χ4n) is 2.54. The summed E-state index contributed by atoms with van der Waals surface area (Å²) in [7, 11) is 0. The Labute approximate surface area is 120 Å². The van der Waals surface area contributed by atoms with Gasteiger partial charge in [-0.05, 0) is 36.6 Å². The van der Waals surface area contributed by atoms with E-state index in [0.29, 0.717) is 32.0 Å². The van der Waals surface area contributed by atoms with E-state index in [4.69, 9.17) is 10.5 Å². The zero-order valence-electron chi connectivity index (χ0n) is 12.2. The van der Waals surface area contributed by atoms with E-state index in [9.17, 15) is 4.79 Å². The van der Waals surface area contributed by atoms with Crippen molar-refractivity contribution < 1.29 is 9.53 Å².